The van der Waals surface area contributed by atoms with Crippen LogP contribution in [0.5, 0.6) is 0 Å². The summed E-state index contributed by atoms with van der Waals surface area (Å²) >= 11 is 6.58. The molecule has 3 saturated heterocycles. The first-order valence-electron chi connectivity index (χ1n) is 19.8. The number of carboxylic acids is 1. The SMILES string of the molecule is COCCn1ncc(-c2ccc(-c3cnc(C(=O)Nc4ccc(C(=O)N5CCC(C(=O)N6CC[N+](CC(=O)[O-])(CC7CNC7)CC6)CC5)c(Cl)c4)n3C)c(F)c2F)c1C. The Bertz CT molecular complexity index is 2240. The van der Waals surface area contributed by atoms with Crippen LogP contribution in [0.15, 0.2) is 42.7 Å². The molecule has 0 aliphatic carbocycles. The lowest BCUT2D eigenvalue weighted by atomic mass is 9.94. The Labute approximate surface area is 345 Å². The summed E-state index contributed by atoms with van der Waals surface area (Å²) < 4.78 is 39.6. The van der Waals surface area contributed by atoms with Crippen LogP contribution in [0, 0.1) is 30.4 Å². The predicted molar refractivity (Wildman–Crippen MR) is 212 cm³/mol. The monoisotopic (exact) mass is 835 g/mol. The number of aromatic nitrogens is 4. The number of nitrogens with zero attached hydrogens (tertiary/aromatic N) is 7. The van der Waals surface area contributed by atoms with Gasteiger partial charge in [0, 0.05) is 80.2 Å². The summed E-state index contributed by atoms with van der Waals surface area (Å²) in [7, 11) is 3.09. The van der Waals surface area contributed by atoms with E-state index in [0.717, 1.165) is 19.6 Å². The number of quaternary nitrogens is 1. The van der Waals surface area contributed by atoms with Crippen molar-refractivity contribution in [2.45, 2.75) is 26.3 Å². The fourth-order valence-corrected chi connectivity index (χ4v) is 8.73. The number of hydrogen-bond acceptors (Lipinski definition) is 9. The summed E-state index contributed by atoms with van der Waals surface area (Å²) in [6.07, 6.45) is 3.76. The first-order chi connectivity index (χ1) is 28.3. The van der Waals surface area contributed by atoms with Crippen LogP contribution in [-0.4, -0.2) is 136 Å². The number of ether oxygens (including phenoxy) is 1. The molecule has 4 aromatic rings. The van der Waals surface area contributed by atoms with E-state index in [4.69, 9.17) is 16.3 Å². The first-order valence-corrected chi connectivity index (χ1v) is 20.1. The Balaban J connectivity index is 0.939. The van der Waals surface area contributed by atoms with Gasteiger partial charge in [-0.2, -0.15) is 5.10 Å². The molecule has 18 heteroatoms. The number of piperazine rings is 1. The highest BCUT2D eigenvalue weighted by atomic mass is 35.5. The largest absolute Gasteiger partial charge is 0.544 e. The topological polar surface area (TPSA) is 167 Å². The van der Waals surface area contributed by atoms with Crippen molar-refractivity contribution in [1.82, 2.24) is 34.4 Å². The Kier molecular flexibility index (Phi) is 12.5. The number of aliphatic carboxylic acids is 1. The molecule has 0 spiro atoms. The second-order valence-corrected chi connectivity index (χ2v) is 16.1. The van der Waals surface area contributed by atoms with Gasteiger partial charge in [-0.3, -0.25) is 19.1 Å². The molecule has 0 saturated carbocycles. The van der Waals surface area contributed by atoms with Crippen molar-refractivity contribution in [1.29, 1.82) is 0 Å². The molecule has 2 aromatic heterocycles. The number of carbonyl (C=O) groups excluding carboxylic acids is 4. The summed E-state index contributed by atoms with van der Waals surface area (Å²) in [5, 5.41) is 21.9. The number of halogens is 3. The van der Waals surface area contributed by atoms with Gasteiger partial charge in [-0.1, -0.05) is 17.7 Å². The number of amides is 3. The highest BCUT2D eigenvalue weighted by Crippen LogP contribution is 2.34. The molecule has 0 unspecified atom stereocenters. The van der Waals surface area contributed by atoms with Crippen molar-refractivity contribution in [3.05, 3.63) is 76.5 Å². The molecule has 2 aromatic carbocycles. The third-order valence-electron chi connectivity index (χ3n) is 12.0. The second-order valence-electron chi connectivity index (χ2n) is 15.7. The highest BCUT2D eigenvalue weighted by Gasteiger charge is 2.40. The molecule has 5 heterocycles. The third kappa shape index (κ3) is 8.74. The molecule has 7 rings (SSSR count). The van der Waals surface area contributed by atoms with Crippen molar-refractivity contribution < 1.29 is 42.3 Å². The summed E-state index contributed by atoms with van der Waals surface area (Å²) in [4.78, 5) is 59.6. The molecular formula is C41H48ClF2N9O6. The zero-order valence-electron chi connectivity index (χ0n) is 33.3. The molecular weight excluding hydrogens is 788 g/mol. The zero-order chi connectivity index (χ0) is 42.0. The maximum Gasteiger partial charge on any atom is 0.291 e. The number of likely N-dealkylation sites (tertiary alicyclic amines) is 1. The molecule has 0 radical (unpaired) electrons. The van der Waals surface area contributed by atoms with Gasteiger partial charge in [0.2, 0.25) is 5.91 Å². The van der Waals surface area contributed by atoms with Gasteiger partial charge < -0.3 is 44.1 Å². The molecule has 3 fully saturated rings. The maximum atomic E-state index is 15.6. The quantitative estimate of drug-likeness (QED) is 0.193. The predicted octanol–water partition coefficient (Wildman–Crippen LogP) is 2.57. The van der Waals surface area contributed by atoms with E-state index >= 15 is 8.78 Å². The molecule has 3 aliphatic heterocycles. The first kappa shape index (κ1) is 41.9. The van der Waals surface area contributed by atoms with Crippen LogP contribution in [0.3, 0.4) is 0 Å². The number of rotatable bonds is 13. The lowest BCUT2D eigenvalue weighted by Gasteiger charge is -2.48. The average Bonchev–Trinajstić information content (AvgIpc) is 3.77. The van der Waals surface area contributed by atoms with E-state index in [2.05, 4.69) is 20.7 Å². The number of benzene rings is 2. The smallest absolute Gasteiger partial charge is 0.291 e. The van der Waals surface area contributed by atoms with Gasteiger partial charge in [-0.05, 0) is 44.0 Å². The molecule has 0 bridgehead atoms. The van der Waals surface area contributed by atoms with Crippen LogP contribution in [-0.2, 0) is 27.9 Å². The number of carboxylic acid groups (broad SMARTS) is 1. The molecule has 3 amide bonds. The normalized spacial score (nSPS) is 17.2. The molecule has 3 aliphatic rings. The summed E-state index contributed by atoms with van der Waals surface area (Å²) in [5.74, 6) is -3.99. The fraction of sp³-hybridized carbons (Fsp3) is 0.463. The van der Waals surface area contributed by atoms with Crippen LogP contribution in [0.4, 0.5) is 14.5 Å². The van der Waals surface area contributed by atoms with Crippen molar-refractivity contribution in [2.24, 2.45) is 18.9 Å². The second kappa shape index (κ2) is 17.6. The average molecular weight is 836 g/mol. The Hall–Kier alpha value is -5.23. The van der Waals surface area contributed by atoms with Crippen molar-refractivity contribution >= 4 is 41.0 Å². The van der Waals surface area contributed by atoms with Crippen LogP contribution >= 0.6 is 11.6 Å². The minimum Gasteiger partial charge on any atom is -0.544 e. The number of hydrogen-bond donors (Lipinski definition) is 2. The van der Waals surface area contributed by atoms with E-state index in [1.165, 1.54) is 48.3 Å². The Morgan fingerprint density at radius 3 is 2.32 bits per heavy atom. The van der Waals surface area contributed by atoms with Crippen molar-refractivity contribution in [2.75, 3.05) is 84.5 Å². The maximum absolute atomic E-state index is 15.6. The lowest BCUT2D eigenvalue weighted by molar-refractivity contribution is -0.929. The lowest BCUT2D eigenvalue weighted by Crippen LogP contribution is -2.67. The zero-order valence-corrected chi connectivity index (χ0v) is 34.1. The van der Waals surface area contributed by atoms with Crippen LogP contribution < -0.4 is 15.7 Å². The van der Waals surface area contributed by atoms with Crippen molar-refractivity contribution in [3.8, 4) is 22.4 Å². The van der Waals surface area contributed by atoms with Crippen molar-refractivity contribution in [3.63, 3.8) is 0 Å². The number of anilines is 1. The fourth-order valence-electron chi connectivity index (χ4n) is 8.47. The van der Waals surface area contributed by atoms with Crippen LogP contribution in [0.2, 0.25) is 5.02 Å². The summed E-state index contributed by atoms with van der Waals surface area (Å²) in [6, 6.07) is 7.42. The Morgan fingerprint density at radius 2 is 1.68 bits per heavy atom. The number of carbonyl (C=O) groups is 4. The van der Waals surface area contributed by atoms with E-state index in [1.807, 2.05) is 4.90 Å². The van der Waals surface area contributed by atoms with E-state index in [0.29, 0.717) is 92.6 Å². The molecule has 314 valence electrons. The Morgan fingerprint density at radius 1 is 0.983 bits per heavy atom. The van der Waals surface area contributed by atoms with E-state index < -0.39 is 23.5 Å². The van der Waals surface area contributed by atoms with Gasteiger partial charge in [0.05, 0.1) is 80.5 Å². The number of piperidine rings is 1. The summed E-state index contributed by atoms with van der Waals surface area (Å²) in [5.41, 5.74) is 1.80. The van der Waals surface area contributed by atoms with Crippen LogP contribution in [0.25, 0.3) is 22.4 Å². The summed E-state index contributed by atoms with van der Waals surface area (Å²) in [6.45, 7) is 7.97. The van der Waals surface area contributed by atoms with Gasteiger partial charge in [-0.25, -0.2) is 13.8 Å². The van der Waals surface area contributed by atoms with Gasteiger partial charge >= 0.3 is 0 Å². The van der Waals surface area contributed by atoms with E-state index in [1.54, 1.807) is 29.7 Å². The minimum atomic E-state index is -1.10. The molecule has 2 N–H and O–H groups in total. The van der Waals surface area contributed by atoms with Gasteiger partial charge in [0.15, 0.2) is 17.5 Å². The third-order valence-corrected chi connectivity index (χ3v) is 12.3. The number of methoxy groups -OCH3 is 1. The van der Waals surface area contributed by atoms with Gasteiger partial charge in [0.1, 0.15) is 6.54 Å². The van der Waals surface area contributed by atoms with E-state index in [-0.39, 0.29) is 57.5 Å². The molecule has 59 heavy (non-hydrogen) atoms. The standard InChI is InChI=1S/C41H48ClF2N9O6/c1-25-32(21-47-52(25)14-17-59-3)29-6-7-31(37(44)36(29)43)34-22-46-38(49(34)2)39(56)48-28-4-5-30(33(42)18-28)41(58)50-10-8-27(9-11-50)40(57)51-12-15-53(16-13-51,24-35(54)55)23-26-19-45-20-26/h4-7,18,21-22,26-27,45H,8-17,19-20,23-24H2,1-3H3,(H-,48,54,55,56,58). The van der Waals surface area contributed by atoms with Crippen LogP contribution in [0.1, 0.15) is 39.5 Å². The number of imidazole rings is 1. The molecule has 0 atom stereocenters. The minimum absolute atomic E-state index is 0.0374. The van der Waals surface area contributed by atoms with Gasteiger partial charge in [-0.15, -0.1) is 0 Å². The van der Waals surface area contributed by atoms with Gasteiger partial charge in [0.25, 0.3) is 11.8 Å². The molecule has 15 nitrogen and oxygen atoms in total. The van der Waals surface area contributed by atoms with E-state index in [9.17, 15) is 24.3 Å². The number of nitrogens with one attached hydrogen (secondary N) is 2. The highest BCUT2D eigenvalue weighted by molar-refractivity contribution is 6.34.